The van der Waals surface area contributed by atoms with E-state index in [9.17, 15) is 19.2 Å². The number of carbonyl (C=O) groups is 4. The van der Waals surface area contributed by atoms with Gasteiger partial charge in [-0.05, 0) is 87.2 Å². The zero-order chi connectivity index (χ0) is 36.5. The van der Waals surface area contributed by atoms with E-state index in [1.165, 1.54) is 16.9 Å². The van der Waals surface area contributed by atoms with Gasteiger partial charge in [0.05, 0.1) is 27.9 Å². The second kappa shape index (κ2) is 18.1. The van der Waals surface area contributed by atoms with Crippen molar-refractivity contribution < 1.29 is 28.7 Å². The summed E-state index contributed by atoms with van der Waals surface area (Å²) in [4.78, 5) is 60.0. The van der Waals surface area contributed by atoms with Crippen molar-refractivity contribution in [2.75, 3.05) is 32.9 Å². The number of thiazole rings is 1. The summed E-state index contributed by atoms with van der Waals surface area (Å²) >= 11 is 1.50. The Hall–Kier alpha value is -4.07. The van der Waals surface area contributed by atoms with Gasteiger partial charge >= 0.3 is 0 Å². The van der Waals surface area contributed by atoms with Crippen molar-refractivity contribution in [2.24, 2.45) is 11.8 Å². The maximum Gasteiger partial charge on any atom is 0.243 e. The number of nitrogens with one attached hydrogen (secondary N) is 5. The highest BCUT2D eigenvalue weighted by Crippen LogP contribution is 2.32. The van der Waals surface area contributed by atoms with Crippen LogP contribution in [-0.4, -0.2) is 79.6 Å². The maximum atomic E-state index is 14.4. The van der Waals surface area contributed by atoms with Gasteiger partial charge in [0.1, 0.15) is 23.9 Å². The fourth-order valence-corrected chi connectivity index (χ4v) is 8.49. The van der Waals surface area contributed by atoms with E-state index in [0.29, 0.717) is 45.5 Å². The highest BCUT2D eigenvalue weighted by atomic mass is 32.1. The summed E-state index contributed by atoms with van der Waals surface area (Å²) < 4.78 is 12.5. The molecular formula is C39H52N6O6S. The van der Waals surface area contributed by atoms with Gasteiger partial charge in [0.2, 0.25) is 23.6 Å². The first kappa shape index (κ1) is 37.7. The summed E-state index contributed by atoms with van der Waals surface area (Å²) in [6, 6.07) is 10.9. The molecule has 3 aliphatic rings. The highest BCUT2D eigenvalue weighted by molar-refractivity contribution is 7.18. The van der Waals surface area contributed by atoms with Gasteiger partial charge < -0.3 is 36.1 Å². The minimum absolute atomic E-state index is 0.188. The van der Waals surface area contributed by atoms with Gasteiger partial charge in [0.25, 0.3) is 0 Å². The van der Waals surface area contributed by atoms with Crippen LogP contribution >= 0.6 is 11.3 Å². The predicted octanol–water partition coefficient (Wildman–Crippen LogP) is 3.72. The quantitative estimate of drug-likeness (QED) is 0.168. The largest absolute Gasteiger partial charge is 0.493 e. The van der Waals surface area contributed by atoms with Crippen LogP contribution in [0.5, 0.6) is 5.75 Å². The van der Waals surface area contributed by atoms with Gasteiger partial charge in [-0.2, -0.15) is 0 Å². The normalized spacial score (nSPS) is 19.8. The first-order valence-electron chi connectivity index (χ1n) is 18.9. The van der Waals surface area contributed by atoms with Crippen LogP contribution in [0.4, 0.5) is 0 Å². The Morgan fingerprint density at radius 1 is 0.885 bits per heavy atom. The monoisotopic (exact) mass is 732 g/mol. The first-order chi connectivity index (χ1) is 25.3. The molecule has 0 aliphatic carbocycles. The molecule has 5 N–H and O–H groups in total. The molecule has 4 atom stereocenters. The number of ether oxygens (including phenoxy) is 2. The molecule has 12 nitrogen and oxygen atoms in total. The van der Waals surface area contributed by atoms with Crippen LogP contribution in [0.2, 0.25) is 0 Å². The Morgan fingerprint density at radius 3 is 2.44 bits per heavy atom. The lowest BCUT2D eigenvalue weighted by Gasteiger charge is -2.34. The Morgan fingerprint density at radius 2 is 1.67 bits per heavy atom. The van der Waals surface area contributed by atoms with Gasteiger partial charge in [-0.1, -0.05) is 38.1 Å². The number of aryl methyl sites for hydroxylation is 1. The number of hydrogen-bond donors (Lipinski definition) is 5. The van der Waals surface area contributed by atoms with E-state index in [-0.39, 0.29) is 42.5 Å². The average molecular weight is 733 g/mol. The lowest BCUT2D eigenvalue weighted by molar-refractivity contribution is -0.136. The Kier molecular flexibility index (Phi) is 13.1. The van der Waals surface area contributed by atoms with Crippen LogP contribution < -0.4 is 31.3 Å². The van der Waals surface area contributed by atoms with Gasteiger partial charge in [-0.15, -0.1) is 11.3 Å². The number of carbonyl (C=O) groups excluding carboxylic acids is 4. The van der Waals surface area contributed by atoms with E-state index in [2.05, 4.69) is 39.6 Å². The number of piperidine rings is 1. The number of fused-ring (bicyclic) bond motifs is 2. The Balaban J connectivity index is 1.21. The van der Waals surface area contributed by atoms with Gasteiger partial charge in [-0.3, -0.25) is 19.2 Å². The molecule has 0 bridgehead atoms. The second-order valence-corrected chi connectivity index (χ2v) is 15.2. The number of rotatable bonds is 14. The molecular weight excluding hydrogens is 681 g/mol. The third-order valence-electron chi connectivity index (χ3n) is 10.5. The third kappa shape index (κ3) is 9.67. The van der Waals surface area contributed by atoms with E-state index >= 15 is 0 Å². The number of aromatic nitrogens is 1. The van der Waals surface area contributed by atoms with Gasteiger partial charge in [-0.25, -0.2) is 4.98 Å². The minimum Gasteiger partial charge on any atom is -0.493 e. The van der Waals surface area contributed by atoms with E-state index in [4.69, 9.17) is 14.5 Å². The molecule has 0 radical (unpaired) electrons. The van der Waals surface area contributed by atoms with Crippen molar-refractivity contribution in [3.8, 4) is 5.75 Å². The van der Waals surface area contributed by atoms with Crippen molar-refractivity contribution in [3.05, 3.63) is 58.6 Å². The molecule has 0 unspecified atom stereocenters. The maximum absolute atomic E-state index is 14.4. The molecule has 0 saturated carbocycles. The van der Waals surface area contributed by atoms with Gasteiger partial charge in [0, 0.05) is 38.0 Å². The summed E-state index contributed by atoms with van der Waals surface area (Å²) in [5.41, 5.74) is 2.96. The average Bonchev–Trinajstić information content (AvgIpc) is 3.58. The highest BCUT2D eigenvalue weighted by Gasteiger charge is 2.37. The zero-order valence-electron chi connectivity index (χ0n) is 30.2. The lowest BCUT2D eigenvalue weighted by atomic mass is 9.88. The van der Waals surface area contributed by atoms with Crippen molar-refractivity contribution in [3.63, 3.8) is 0 Å². The molecule has 280 valence electrons. The van der Waals surface area contributed by atoms with Crippen molar-refractivity contribution in [2.45, 2.75) is 95.8 Å². The predicted molar refractivity (Wildman–Crippen MR) is 200 cm³/mol. The van der Waals surface area contributed by atoms with Crippen molar-refractivity contribution in [1.82, 2.24) is 31.6 Å². The number of nitrogens with zero attached hydrogens (tertiary/aromatic N) is 1. The van der Waals surface area contributed by atoms with Crippen LogP contribution in [0, 0.1) is 11.8 Å². The van der Waals surface area contributed by atoms with Crippen molar-refractivity contribution in [1.29, 1.82) is 0 Å². The zero-order valence-corrected chi connectivity index (χ0v) is 31.0. The minimum atomic E-state index is -0.934. The smallest absolute Gasteiger partial charge is 0.243 e. The molecule has 6 rings (SSSR count). The number of amides is 4. The second-order valence-electron chi connectivity index (χ2n) is 14.1. The fraction of sp³-hybridized carbons (Fsp3) is 0.564. The van der Waals surface area contributed by atoms with E-state index in [1.807, 2.05) is 36.4 Å². The van der Waals surface area contributed by atoms with E-state index in [0.717, 1.165) is 58.9 Å². The molecule has 3 aliphatic heterocycles. The SMILES string of the molecule is CCC(=O)N[C@@H](Cc1nc2ccc(CC)cc2s1)C(=O)N[C@H](C(=O)N[C@@H](CC1CCNCC1)C(=O)N[C@@H]1CCOc2ccccc21)C1CCOCC1. The molecule has 2 fully saturated rings. The first-order valence-corrected chi connectivity index (χ1v) is 19.7. The Bertz CT molecular complexity index is 1700. The van der Waals surface area contributed by atoms with Crippen LogP contribution in [0.25, 0.3) is 10.2 Å². The van der Waals surface area contributed by atoms with E-state index < -0.39 is 29.9 Å². The number of para-hydroxylation sites is 1. The summed E-state index contributed by atoms with van der Waals surface area (Å²) in [6.07, 6.45) is 5.38. The van der Waals surface area contributed by atoms with E-state index in [1.54, 1.807) is 6.92 Å². The van der Waals surface area contributed by atoms with Crippen LogP contribution in [0.15, 0.2) is 42.5 Å². The molecule has 1 aromatic heterocycles. The number of benzene rings is 2. The molecule has 2 saturated heterocycles. The topological polar surface area (TPSA) is 160 Å². The van der Waals surface area contributed by atoms with Gasteiger partial charge in [0.15, 0.2) is 0 Å². The van der Waals surface area contributed by atoms with Crippen LogP contribution in [0.3, 0.4) is 0 Å². The summed E-state index contributed by atoms with van der Waals surface area (Å²) in [5, 5.41) is 16.3. The molecule has 13 heteroatoms. The summed E-state index contributed by atoms with van der Waals surface area (Å²) in [7, 11) is 0. The van der Waals surface area contributed by atoms with Crippen LogP contribution in [-0.2, 0) is 36.8 Å². The van der Waals surface area contributed by atoms with Crippen molar-refractivity contribution >= 4 is 45.2 Å². The summed E-state index contributed by atoms with van der Waals surface area (Å²) in [6.45, 7) is 6.97. The lowest BCUT2D eigenvalue weighted by Crippen LogP contribution is -2.60. The van der Waals surface area contributed by atoms with Crippen LogP contribution in [0.1, 0.15) is 81.0 Å². The molecule has 52 heavy (non-hydrogen) atoms. The molecule has 3 aromatic rings. The molecule has 4 amide bonds. The summed E-state index contributed by atoms with van der Waals surface area (Å²) in [5.74, 6) is -0.585. The Labute approximate surface area is 309 Å². The molecule has 2 aromatic carbocycles. The molecule has 0 spiro atoms. The number of hydrogen-bond acceptors (Lipinski definition) is 9. The standard InChI is InChI=1S/C39H52N6O6S/c1-3-24-9-10-29-33(22-24)52-35(42-29)23-31(41-34(46)4-2)38(48)45-36(26-13-18-50-19-14-26)39(49)44-30(21-25-11-16-40-17-12-25)37(47)43-28-15-20-51-32-8-6-5-7-27(28)32/h5-10,22,25-26,28,30-31,36,40H,3-4,11-21,23H2,1-2H3,(H,41,46)(H,43,47)(H,44,49)(H,45,48)/t28-,30+,31+,36+/m1/s1. The molecule has 4 heterocycles. The fourth-order valence-electron chi connectivity index (χ4n) is 7.41. The third-order valence-corrected chi connectivity index (χ3v) is 11.6.